The normalized spacial score (nSPS) is 14.2. The van der Waals surface area contributed by atoms with Crippen molar-refractivity contribution in [1.82, 2.24) is 0 Å². The number of ether oxygens (including phenoxy) is 2. The topological polar surface area (TPSA) is 93.1 Å². The minimum atomic E-state index is -4.04. The van der Waals surface area contributed by atoms with Gasteiger partial charge in [-0.25, -0.2) is 0 Å². The van der Waals surface area contributed by atoms with Crippen LogP contribution in [0.4, 0.5) is 0 Å². The molecule has 0 aliphatic heterocycles. The third-order valence-electron chi connectivity index (χ3n) is 2.35. The van der Waals surface area contributed by atoms with Gasteiger partial charge in [-0.1, -0.05) is 20.8 Å². The van der Waals surface area contributed by atoms with Gasteiger partial charge in [0.15, 0.2) is 0 Å². The molecule has 0 spiro atoms. The summed E-state index contributed by atoms with van der Waals surface area (Å²) in [4.78, 5) is 29.1. The quantitative estimate of drug-likeness (QED) is 0.498. The molecule has 0 saturated heterocycles. The molecule has 0 radical (unpaired) electrons. The largest absolute Gasteiger partial charge is 0.466 e. The number of hydrogen-bond donors (Lipinski definition) is 2. The zero-order valence-corrected chi connectivity index (χ0v) is 13.0. The molecule has 0 fully saturated rings. The molecule has 0 aromatic heterocycles. The van der Waals surface area contributed by atoms with Crippen LogP contribution in [0.1, 0.15) is 34.1 Å². The molecule has 0 amide bonds. The highest BCUT2D eigenvalue weighted by Gasteiger charge is 2.28. The molecule has 0 heterocycles. The first-order chi connectivity index (χ1) is 8.56. The first kappa shape index (κ1) is 18.6. The van der Waals surface area contributed by atoms with Crippen molar-refractivity contribution in [3.63, 3.8) is 0 Å². The molecular weight excluding hydrogens is 271 g/mol. The monoisotopic (exact) mass is 296 g/mol. The molecule has 0 bridgehead atoms. The van der Waals surface area contributed by atoms with Crippen molar-refractivity contribution in [3.8, 4) is 0 Å². The minimum Gasteiger partial charge on any atom is -0.466 e. The van der Waals surface area contributed by atoms with Gasteiger partial charge in [0.2, 0.25) is 0 Å². The van der Waals surface area contributed by atoms with Crippen LogP contribution in [0.25, 0.3) is 0 Å². The van der Waals surface area contributed by atoms with Gasteiger partial charge in [-0.15, -0.1) is 0 Å². The Bertz CT molecular complexity index is 322. The van der Waals surface area contributed by atoms with Gasteiger partial charge in [0.05, 0.1) is 25.8 Å². The summed E-state index contributed by atoms with van der Waals surface area (Å²) in [6, 6.07) is 0. The van der Waals surface area contributed by atoms with E-state index in [1.54, 1.807) is 20.8 Å². The van der Waals surface area contributed by atoms with Crippen molar-refractivity contribution >= 4 is 13.6 Å². The highest BCUT2D eigenvalue weighted by molar-refractivity contribution is 7.51. The summed E-state index contributed by atoms with van der Waals surface area (Å²) in [6.07, 6.45) is 0.0685. The molecule has 0 aromatic rings. The second-order valence-electron chi connectivity index (χ2n) is 5.62. The van der Waals surface area contributed by atoms with Crippen LogP contribution in [0.2, 0.25) is 0 Å². The van der Waals surface area contributed by atoms with Gasteiger partial charge in [-0.05, 0) is 18.3 Å². The van der Waals surface area contributed by atoms with Crippen LogP contribution in [0.5, 0.6) is 0 Å². The Morgan fingerprint density at radius 1 is 1.37 bits per heavy atom. The third-order valence-corrected chi connectivity index (χ3v) is 3.62. The Labute approximate surface area is 114 Å². The van der Waals surface area contributed by atoms with E-state index in [4.69, 9.17) is 19.3 Å². The van der Waals surface area contributed by atoms with E-state index in [-0.39, 0.29) is 31.1 Å². The van der Waals surface area contributed by atoms with Crippen LogP contribution in [-0.4, -0.2) is 41.7 Å². The molecule has 114 valence electrons. The Morgan fingerprint density at radius 3 is 2.42 bits per heavy atom. The first-order valence-corrected chi connectivity index (χ1v) is 8.13. The Balaban J connectivity index is 3.95. The minimum absolute atomic E-state index is 0.0184. The standard InChI is InChI=1S/C12H25O6P/c1-5-18-11(13)6-10(2)7-17-8-12(3,4)9-19(14,15)16/h10H,5-9H2,1-4H3,(H2,14,15,16). The fraction of sp³-hybridized carbons (Fsp3) is 0.917. The zero-order valence-electron chi connectivity index (χ0n) is 12.1. The molecule has 1 atom stereocenters. The van der Waals surface area contributed by atoms with Crippen molar-refractivity contribution < 1.29 is 28.6 Å². The molecule has 2 N–H and O–H groups in total. The number of carbonyl (C=O) groups excluding carboxylic acids is 1. The molecule has 0 aromatic carbocycles. The average molecular weight is 296 g/mol. The molecule has 7 heteroatoms. The van der Waals surface area contributed by atoms with Crippen LogP contribution in [-0.2, 0) is 18.8 Å². The third kappa shape index (κ3) is 11.1. The summed E-state index contributed by atoms with van der Waals surface area (Å²) in [6.45, 7) is 8.07. The lowest BCUT2D eigenvalue weighted by Gasteiger charge is -2.25. The van der Waals surface area contributed by atoms with Gasteiger partial charge in [0, 0.05) is 6.61 Å². The van der Waals surface area contributed by atoms with Crippen LogP contribution in [0.3, 0.4) is 0 Å². The van der Waals surface area contributed by atoms with Crippen molar-refractivity contribution in [3.05, 3.63) is 0 Å². The smallest absolute Gasteiger partial charge is 0.326 e. The summed E-state index contributed by atoms with van der Waals surface area (Å²) in [7, 11) is -4.04. The highest BCUT2D eigenvalue weighted by atomic mass is 31.2. The molecule has 6 nitrogen and oxygen atoms in total. The molecule has 0 aliphatic carbocycles. The van der Waals surface area contributed by atoms with E-state index in [1.165, 1.54) is 0 Å². The fourth-order valence-corrected chi connectivity index (χ4v) is 2.91. The summed E-state index contributed by atoms with van der Waals surface area (Å²) in [5.41, 5.74) is -0.595. The van der Waals surface area contributed by atoms with Gasteiger partial charge in [0.1, 0.15) is 0 Å². The maximum atomic E-state index is 11.2. The van der Waals surface area contributed by atoms with Crippen molar-refractivity contribution in [2.75, 3.05) is 26.0 Å². The van der Waals surface area contributed by atoms with Crippen LogP contribution in [0.15, 0.2) is 0 Å². The van der Waals surface area contributed by atoms with E-state index in [9.17, 15) is 9.36 Å². The molecular formula is C12H25O6P. The lowest BCUT2D eigenvalue weighted by atomic mass is 9.98. The average Bonchev–Trinajstić information content (AvgIpc) is 2.12. The first-order valence-electron chi connectivity index (χ1n) is 6.33. The number of rotatable bonds is 9. The zero-order chi connectivity index (χ0) is 15.1. The van der Waals surface area contributed by atoms with Crippen molar-refractivity contribution in [1.29, 1.82) is 0 Å². The number of hydrogen-bond acceptors (Lipinski definition) is 4. The maximum Gasteiger partial charge on any atom is 0.326 e. The molecule has 19 heavy (non-hydrogen) atoms. The van der Waals surface area contributed by atoms with E-state index in [0.717, 1.165) is 0 Å². The Morgan fingerprint density at radius 2 is 1.95 bits per heavy atom. The molecule has 0 aliphatic rings. The van der Waals surface area contributed by atoms with Gasteiger partial charge in [-0.2, -0.15) is 0 Å². The second kappa shape index (κ2) is 8.00. The summed E-state index contributed by atoms with van der Waals surface area (Å²) in [5, 5.41) is 0. The lowest BCUT2D eigenvalue weighted by molar-refractivity contribution is -0.144. The summed E-state index contributed by atoms with van der Waals surface area (Å²) >= 11 is 0. The predicted molar refractivity (Wildman–Crippen MR) is 71.9 cm³/mol. The maximum absolute atomic E-state index is 11.2. The predicted octanol–water partition coefficient (Wildman–Crippen LogP) is 1.80. The van der Waals surface area contributed by atoms with Crippen molar-refractivity contribution in [2.45, 2.75) is 34.1 Å². The molecule has 0 rings (SSSR count). The van der Waals surface area contributed by atoms with Crippen LogP contribution >= 0.6 is 7.60 Å². The number of carbonyl (C=O) groups is 1. The SMILES string of the molecule is CCOC(=O)CC(C)COCC(C)(C)CP(=O)(O)O. The van der Waals surface area contributed by atoms with E-state index < -0.39 is 13.0 Å². The van der Waals surface area contributed by atoms with E-state index in [2.05, 4.69) is 0 Å². The van der Waals surface area contributed by atoms with E-state index in [1.807, 2.05) is 6.92 Å². The second-order valence-corrected chi connectivity index (χ2v) is 7.26. The van der Waals surface area contributed by atoms with Crippen LogP contribution in [0, 0.1) is 11.3 Å². The Kier molecular flexibility index (Phi) is 7.82. The van der Waals surface area contributed by atoms with Crippen LogP contribution < -0.4 is 0 Å². The van der Waals surface area contributed by atoms with E-state index in [0.29, 0.717) is 13.2 Å². The van der Waals surface area contributed by atoms with Gasteiger partial charge >= 0.3 is 13.6 Å². The fourth-order valence-electron chi connectivity index (χ4n) is 1.70. The number of esters is 1. The van der Waals surface area contributed by atoms with Crippen molar-refractivity contribution in [2.24, 2.45) is 11.3 Å². The molecule has 0 saturated carbocycles. The van der Waals surface area contributed by atoms with Gasteiger partial charge in [0.25, 0.3) is 0 Å². The van der Waals surface area contributed by atoms with Gasteiger partial charge in [-0.3, -0.25) is 9.36 Å². The Hall–Kier alpha value is -0.420. The van der Waals surface area contributed by atoms with Gasteiger partial charge < -0.3 is 19.3 Å². The molecule has 1 unspecified atom stereocenters. The van der Waals surface area contributed by atoms with E-state index >= 15 is 0 Å². The summed E-state index contributed by atoms with van der Waals surface area (Å²) < 4.78 is 21.2. The highest BCUT2D eigenvalue weighted by Crippen LogP contribution is 2.41. The summed E-state index contributed by atoms with van der Waals surface area (Å²) in [5.74, 6) is -0.238. The lowest BCUT2D eigenvalue weighted by Crippen LogP contribution is -2.25.